The maximum absolute atomic E-state index is 15.2. The number of aliphatic hydroxyl groups is 1. The minimum atomic E-state index is -2.27. The normalized spacial score (nSPS) is 34.9. The molecule has 1 spiro atoms. The number of rotatable bonds is 7. The van der Waals surface area contributed by atoms with Crippen molar-refractivity contribution in [1.29, 1.82) is 0 Å². The highest BCUT2D eigenvalue weighted by atomic mass is 16.6. The molecule has 9 rings (SSSR count). The third-order valence-electron chi connectivity index (χ3n) is 14.8. The minimum Gasteiger partial charge on any atom is -0.496 e. The monoisotopic (exact) mass is 778 g/mol. The molecule has 0 amide bonds. The molecule has 1 saturated heterocycles. The Labute approximate surface area is 333 Å². The van der Waals surface area contributed by atoms with Crippen LogP contribution in [0.5, 0.6) is 5.75 Å². The molecule has 6 heterocycles. The molecule has 3 aromatic rings. The van der Waals surface area contributed by atoms with Crippen LogP contribution in [-0.2, 0) is 46.0 Å². The summed E-state index contributed by atoms with van der Waals surface area (Å²) < 4.78 is 23.9. The summed E-state index contributed by atoms with van der Waals surface area (Å²) in [5.74, 6) is -1.31. The van der Waals surface area contributed by atoms with E-state index in [1.165, 1.54) is 26.7 Å². The highest BCUT2D eigenvalue weighted by molar-refractivity contribution is 5.95. The van der Waals surface area contributed by atoms with Gasteiger partial charge in [-0.2, -0.15) is 0 Å². The van der Waals surface area contributed by atoms with E-state index in [2.05, 4.69) is 58.1 Å². The third-order valence-corrected chi connectivity index (χ3v) is 14.8. The fourth-order valence-corrected chi connectivity index (χ4v) is 12.8. The van der Waals surface area contributed by atoms with E-state index in [4.69, 9.17) is 18.9 Å². The Hall–Kier alpha value is -4.65. The maximum atomic E-state index is 15.2. The summed E-state index contributed by atoms with van der Waals surface area (Å²) in [4.78, 5) is 53.1. The van der Waals surface area contributed by atoms with Crippen LogP contribution in [0, 0.1) is 11.3 Å². The Balaban J connectivity index is 1.37. The van der Waals surface area contributed by atoms with Crippen LogP contribution in [0.2, 0.25) is 0 Å². The Morgan fingerprint density at radius 2 is 1.77 bits per heavy atom. The van der Waals surface area contributed by atoms with E-state index in [9.17, 15) is 14.7 Å². The van der Waals surface area contributed by atoms with Crippen molar-refractivity contribution in [2.24, 2.45) is 11.3 Å². The summed E-state index contributed by atoms with van der Waals surface area (Å²) in [7, 11) is 6.22. The van der Waals surface area contributed by atoms with Crippen molar-refractivity contribution < 1.29 is 38.4 Å². The topological polar surface area (TPSA) is 134 Å². The standard InChI is InChI=1S/C45H54N4O8/c1-8-27-19-28-22-44(40(51)55-6,36-30(25-48(23-27)24-28)29-13-10-11-14-33(29)46-36)32-20-31-34(21-35(32)54-5)47(4)38-43(31)16-18-49-17-12-15-42(9-2,37(43)49)39(57-26(3)50)45(38,53)41(52)56-7/h10-15,19-21,28,37-39,46,53H,8-9,16-18,22-25H2,1-7H3/t28-,37-,38?,39-,42+,43-,44+,45+/m1/s1. The second-order valence-electron chi connectivity index (χ2n) is 17.2. The number of ether oxygens (including phenoxy) is 4. The molecule has 1 saturated carbocycles. The number of fused-ring (bicyclic) bond motifs is 6. The molecule has 12 nitrogen and oxygen atoms in total. The second-order valence-corrected chi connectivity index (χ2v) is 17.2. The van der Waals surface area contributed by atoms with E-state index in [1.54, 1.807) is 7.11 Å². The van der Waals surface area contributed by atoms with Gasteiger partial charge in [0.05, 0.1) is 27.4 Å². The lowest BCUT2D eigenvalue weighted by molar-refractivity contribution is -0.228. The molecular weight excluding hydrogens is 725 g/mol. The van der Waals surface area contributed by atoms with Gasteiger partial charge in [0.2, 0.25) is 5.60 Å². The number of aromatic nitrogens is 1. The summed E-state index contributed by atoms with van der Waals surface area (Å²) in [5.41, 5.74) is 1.05. The lowest BCUT2D eigenvalue weighted by atomic mass is 9.47. The van der Waals surface area contributed by atoms with Gasteiger partial charge < -0.3 is 33.9 Å². The van der Waals surface area contributed by atoms with Crippen molar-refractivity contribution in [3.8, 4) is 5.75 Å². The average Bonchev–Trinajstić information content (AvgIpc) is 3.87. The first kappa shape index (κ1) is 37.9. The van der Waals surface area contributed by atoms with Gasteiger partial charge in [0.15, 0.2) is 6.10 Å². The average molecular weight is 779 g/mol. The number of H-pyrrole nitrogens is 1. The summed E-state index contributed by atoms with van der Waals surface area (Å²) >= 11 is 0. The number of likely N-dealkylation sites (N-methyl/N-ethyl adjacent to an activating group) is 1. The first-order chi connectivity index (χ1) is 27.4. The molecule has 12 heteroatoms. The number of nitrogens with zero attached hydrogens (tertiary/aromatic N) is 3. The van der Waals surface area contributed by atoms with Gasteiger partial charge in [0, 0.05) is 90.9 Å². The first-order valence-corrected chi connectivity index (χ1v) is 20.3. The number of hydrogen-bond donors (Lipinski definition) is 2. The van der Waals surface area contributed by atoms with E-state index in [0.717, 1.165) is 52.9 Å². The number of carbonyl (C=O) groups is 3. The van der Waals surface area contributed by atoms with E-state index in [-0.39, 0.29) is 17.9 Å². The zero-order chi connectivity index (χ0) is 40.2. The van der Waals surface area contributed by atoms with E-state index in [1.807, 2.05) is 37.1 Å². The molecular formula is C45H54N4O8. The van der Waals surface area contributed by atoms with Crippen LogP contribution in [0.3, 0.4) is 0 Å². The Morgan fingerprint density at radius 1 is 1.00 bits per heavy atom. The number of para-hydroxylation sites is 1. The zero-order valence-electron chi connectivity index (χ0n) is 34.0. The van der Waals surface area contributed by atoms with E-state index < -0.39 is 45.9 Å². The number of anilines is 1. The Kier molecular flexibility index (Phi) is 8.77. The largest absolute Gasteiger partial charge is 0.496 e. The SMILES string of the molecule is CCC1=C[C@H]2CN(C1)Cc1c([nH]c3ccccc13)[C@@](C(=O)OC)(c1cc3c(cc1OC)N(C)C1[C@]34CCN3CC=C[C@@](CC)([C@@H]34)[C@@H](OC(C)=O)[C@]1(O)C(=O)OC)C2. The van der Waals surface area contributed by atoms with Crippen molar-refractivity contribution in [2.75, 3.05) is 59.5 Å². The van der Waals surface area contributed by atoms with Crippen LogP contribution in [0.1, 0.15) is 68.8 Å². The van der Waals surface area contributed by atoms with Gasteiger partial charge in [0.1, 0.15) is 11.2 Å². The van der Waals surface area contributed by atoms with Crippen LogP contribution < -0.4 is 9.64 Å². The zero-order valence-corrected chi connectivity index (χ0v) is 34.0. The minimum absolute atomic E-state index is 0.0284. The maximum Gasteiger partial charge on any atom is 0.344 e. The quantitative estimate of drug-likeness (QED) is 0.196. The van der Waals surface area contributed by atoms with Gasteiger partial charge in [-0.15, -0.1) is 0 Å². The molecule has 9 atom stereocenters. The van der Waals surface area contributed by atoms with E-state index >= 15 is 4.79 Å². The number of esters is 3. The molecule has 1 aliphatic carbocycles. The molecule has 2 fully saturated rings. The summed E-state index contributed by atoms with van der Waals surface area (Å²) in [5, 5.41) is 14.4. The molecule has 6 aliphatic rings. The second kappa shape index (κ2) is 13.2. The van der Waals surface area contributed by atoms with Gasteiger partial charge in [-0.05, 0) is 61.4 Å². The van der Waals surface area contributed by atoms with Crippen LogP contribution >= 0.6 is 0 Å². The van der Waals surface area contributed by atoms with Crippen molar-refractivity contribution in [3.05, 3.63) is 82.6 Å². The highest BCUT2D eigenvalue weighted by Crippen LogP contribution is 2.68. The Morgan fingerprint density at radius 3 is 2.47 bits per heavy atom. The number of nitrogens with one attached hydrogen (secondary N) is 1. The van der Waals surface area contributed by atoms with Crippen LogP contribution in [-0.4, -0.2) is 116 Å². The molecule has 2 N–H and O–H groups in total. The fraction of sp³-hybridized carbons (Fsp3) is 0.533. The summed E-state index contributed by atoms with van der Waals surface area (Å²) in [6.45, 7) is 9.19. The van der Waals surface area contributed by atoms with Crippen LogP contribution in [0.25, 0.3) is 10.9 Å². The molecule has 1 aromatic heterocycles. The Bertz CT molecular complexity index is 2250. The van der Waals surface area contributed by atoms with Gasteiger partial charge in [-0.3, -0.25) is 19.4 Å². The predicted molar refractivity (Wildman–Crippen MR) is 214 cm³/mol. The van der Waals surface area contributed by atoms with Gasteiger partial charge >= 0.3 is 17.9 Å². The number of benzene rings is 2. The smallest absolute Gasteiger partial charge is 0.344 e. The molecule has 302 valence electrons. The van der Waals surface area contributed by atoms with Gasteiger partial charge in [-0.1, -0.05) is 55.8 Å². The predicted octanol–water partition coefficient (Wildman–Crippen LogP) is 4.75. The van der Waals surface area contributed by atoms with Gasteiger partial charge in [-0.25, -0.2) is 4.79 Å². The lowest BCUT2D eigenvalue weighted by Gasteiger charge is -2.63. The molecule has 2 aromatic carbocycles. The first-order valence-electron chi connectivity index (χ1n) is 20.3. The number of methoxy groups -OCH3 is 3. The number of aromatic amines is 1. The van der Waals surface area contributed by atoms with Crippen LogP contribution in [0.4, 0.5) is 5.69 Å². The number of carbonyl (C=O) groups excluding carboxylic acids is 3. The molecule has 0 radical (unpaired) electrons. The third kappa shape index (κ3) is 4.80. The van der Waals surface area contributed by atoms with Crippen molar-refractivity contribution in [2.45, 2.75) is 87.6 Å². The van der Waals surface area contributed by atoms with Crippen molar-refractivity contribution in [1.82, 2.24) is 14.8 Å². The lowest BCUT2D eigenvalue weighted by Crippen LogP contribution is -2.81. The fourth-order valence-electron chi connectivity index (χ4n) is 12.8. The van der Waals surface area contributed by atoms with Crippen molar-refractivity contribution >= 4 is 34.5 Å². The summed E-state index contributed by atoms with van der Waals surface area (Å²) in [6, 6.07) is 11.2. The molecule has 2 unspecified atom stereocenters. The van der Waals surface area contributed by atoms with Gasteiger partial charge in [0.25, 0.3) is 0 Å². The van der Waals surface area contributed by atoms with Crippen molar-refractivity contribution in [3.63, 3.8) is 0 Å². The van der Waals surface area contributed by atoms with Crippen LogP contribution in [0.15, 0.2) is 60.2 Å². The summed E-state index contributed by atoms with van der Waals surface area (Å²) in [6.07, 6.45) is 7.67. The van der Waals surface area contributed by atoms with E-state index in [0.29, 0.717) is 50.2 Å². The molecule has 5 aliphatic heterocycles. The highest BCUT2D eigenvalue weighted by Gasteiger charge is 2.80. The molecule has 57 heavy (non-hydrogen) atoms. The number of hydrogen-bond acceptors (Lipinski definition) is 11. The molecule has 2 bridgehead atoms.